The van der Waals surface area contributed by atoms with E-state index in [4.69, 9.17) is 4.74 Å². The molecule has 0 saturated heterocycles. The molecule has 1 aliphatic rings. The van der Waals surface area contributed by atoms with Gasteiger partial charge in [0.1, 0.15) is 11.4 Å². The van der Waals surface area contributed by atoms with Crippen molar-refractivity contribution >= 4 is 23.5 Å². The highest BCUT2D eigenvalue weighted by Crippen LogP contribution is 2.47. The number of nitro groups is 1. The molecule has 26 heavy (non-hydrogen) atoms. The van der Waals surface area contributed by atoms with Crippen LogP contribution in [0, 0.1) is 17.0 Å². The molecule has 2 aromatic carbocycles. The highest BCUT2D eigenvalue weighted by atomic mass is 32.2. The first-order valence-corrected chi connectivity index (χ1v) is 9.73. The van der Waals surface area contributed by atoms with Gasteiger partial charge >= 0.3 is 0 Å². The highest BCUT2D eigenvalue weighted by Gasteiger charge is 2.45. The first kappa shape index (κ1) is 18.5. The normalized spacial score (nSPS) is 19.0. The molecule has 0 amide bonds. The topological polar surface area (TPSA) is 52.4 Å². The number of hydrogen-bond donors (Lipinski definition) is 0. The summed E-state index contributed by atoms with van der Waals surface area (Å²) < 4.78 is 6.52. The van der Waals surface area contributed by atoms with E-state index < -0.39 is 5.60 Å². The smallest absolute Gasteiger partial charge is 0.271 e. The maximum Gasteiger partial charge on any atom is 0.271 e. The Kier molecular flexibility index (Phi) is 4.61. The van der Waals surface area contributed by atoms with E-state index in [1.54, 1.807) is 12.1 Å². The van der Waals surface area contributed by atoms with Gasteiger partial charge in [0.15, 0.2) is 0 Å². The van der Waals surface area contributed by atoms with E-state index in [0.717, 1.165) is 16.2 Å². The number of ether oxygens (including phenoxy) is 1. The minimum absolute atomic E-state index is 0.0862. The average molecular weight is 369 g/mol. The van der Waals surface area contributed by atoms with Gasteiger partial charge in [-0.3, -0.25) is 10.1 Å². The first-order valence-electron chi connectivity index (χ1n) is 8.50. The van der Waals surface area contributed by atoms with E-state index in [2.05, 4.69) is 39.8 Å². The van der Waals surface area contributed by atoms with Crippen molar-refractivity contribution < 1.29 is 9.66 Å². The Bertz CT molecular complexity index is 904. The lowest BCUT2D eigenvalue weighted by atomic mass is 9.68. The van der Waals surface area contributed by atoms with Crippen molar-refractivity contribution in [1.82, 2.24) is 0 Å². The van der Waals surface area contributed by atoms with Crippen LogP contribution in [0.4, 0.5) is 5.69 Å². The van der Waals surface area contributed by atoms with Crippen LogP contribution in [0.1, 0.15) is 37.5 Å². The average Bonchev–Trinajstić information content (AvgIpc) is 2.60. The number of nitrogens with zero attached hydrogens (tertiary/aromatic N) is 1. The lowest BCUT2D eigenvalue weighted by Crippen LogP contribution is -2.50. The molecule has 1 heterocycles. The summed E-state index contributed by atoms with van der Waals surface area (Å²) in [5.41, 5.74) is 2.42. The number of nitro benzene ring substituents is 1. The minimum Gasteiger partial charge on any atom is -0.481 e. The third-order valence-electron chi connectivity index (χ3n) is 5.45. The Hall–Kier alpha value is -2.27. The van der Waals surface area contributed by atoms with Crippen molar-refractivity contribution in [3.8, 4) is 5.75 Å². The molecule has 0 bridgehead atoms. The molecule has 4 nitrogen and oxygen atoms in total. The van der Waals surface area contributed by atoms with E-state index in [9.17, 15) is 10.1 Å². The maximum atomic E-state index is 11.2. The monoisotopic (exact) mass is 369 g/mol. The molecule has 0 fully saturated rings. The van der Waals surface area contributed by atoms with E-state index >= 15 is 0 Å². The summed E-state index contributed by atoms with van der Waals surface area (Å²) >= 11 is 1.46. The van der Waals surface area contributed by atoms with Gasteiger partial charge in [-0.1, -0.05) is 44.2 Å². The van der Waals surface area contributed by atoms with Crippen LogP contribution in [0.15, 0.2) is 47.4 Å². The number of thioether (sulfide) groups is 1. The van der Waals surface area contributed by atoms with Crippen LogP contribution in [0.5, 0.6) is 5.75 Å². The summed E-state index contributed by atoms with van der Waals surface area (Å²) in [6.45, 7) is 8.53. The fraction of sp³-hybridized carbons (Fsp3) is 0.333. The van der Waals surface area contributed by atoms with Gasteiger partial charge in [-0.05, 0) is 37.3 Å². The van der Waals surface area contributed by atoms with Gasteiger partial charge in [0.05, 0.1) is 9.82 Å². The predicted octanol–water partition coefficient (Wildman–Crippen LogP) is 5.77. The third-order valence-corrected chi connectivity index (χ3v) is 6.20. The van der Waals surface area contributed by atoms with Gasteiger partial charge in [0.25, 0.3) is 5.69 Å². The van der Waals surface area contributed by atoms with Crippen LogP contribution < -0.4 is 4.74 Å². The molecular formula is C21H23NO3S. The summed E-state index contributed by atoms with van der Waals surface area (Å²) in [4.78, 5) is 11.6. The molecule has 2 aromatic rings. The number of non-ortho nitro benzene ring substituents is 1. The Morgan fingerprint density at radius 2 is 1.92 bits per heavy atom. The lowest BCUT2D eigenvalue weighted by Gasteiger charge is -2.45. The molecule has 1 aliphatic heterocycles. The molecule has 0 aliphatic carbocycles. The standard InChI is InChI=1S/C21H23NO3S/c1-14-8-6-7-9-17(14)20(2,3)21(4)11-10-15-12-16(22(23)24)13-18(26-5)19(15)25-21/h6-13H,1-5H3. The van der Waals surface area contributed by atoms with Gasteiger partial charge in [-0.25, -0.2) is 0 Å². The molecule has 136 valence electrons. The second-order valence-corrected chi connectivity index (χ2v) is 8.15. The Balaban J connectivity index is 2.10. The number of hydrogen-bond acceptors (Lipinski definition) is 4. The summed E-state index contributed by atoms with van der Waals surface area (Å²) in [5.74, 6) is 0.717. The summed E-state index contributed by atoms with van der Waals surface area (Å²) in [5, 5.41) is 11.2. The Labute approximate surface area is 158 Å². The van der Waals surface area contributed by atoms with Crippen molar-refractivity contribution in [1.29, 1.82) is 0 Å². The first-order chi connectivity index (χ1) is 12.2. The molecule has 0 aromatic heterocycles. The van der Waals surface area contributed by atoms with Crippen molar-refractivity contribution in [2.75, 3.05) is 6.26 Å². The van der Waals surface area contributed by atoms with Crippen LogP contribution in [0.2, 0.25) is 0 Å². The van der Waals surface area contributed by atoms with Crippen molar-refractivity contribution in [3.05, 3.63) is 69.3 Å². The van der Waals surface area contributed by atoms with Gasteiger partial charge in [0.2, 0.25) is 0 Å². The fourth-order valence-corrected chi connectivity index (χ4v) is 4.05. The summed E-state index contributed by atoms with van der Waals surface area (Å²) in [6.07, 6.45) is 5.88. The minimum atomic E-state index is -0.577. The van der Waals surface area contributed by atoms with Crippen LogP contribution >= 0.6 is 11.8 Å². The number of rotatable bonds is 4. The molecule has 3 rings (SSSR count). The maximum absolute atomic E-state index is 11.2. The number of fused-ring (bicyclic) bond motifs is 1. The summed E-state index contributed by atoms with van der Waals surface area (Å²) in [6, 6.07) is 11.5. The lowest BCUT2D eigenvalue weighted by molar-refractivity contribution is -0.385. The largest absolute Gasteiger partial charge is 0.481 e. The molecule has 1 unspecified atom stereocenters. The van der Waals surface area contributed by atoms with E-state index in [1.165, 1.54) is 22.9 Å². The molecule has 5 heteroatoms. The van der Waals surface area contributed by atoms with Gasteiger partial charge in [0, 0.05) is 23.1 Å². The zero-order valence-corrected chi connectivity index (χ0v) is 16.5. The zero-order chi connectivity index (χ0) is 19.1. The van der Waals surface area contributed by atoms with Gasteiger partial charge < -0.3 is 4.74 Å². The number of benzene rings is 2. The quantitative estimate of drug-likeness (QED) is 0.390. The molecule has 0 saturated carbocycles. The summed E-state index contributed by atoms with van der Waals surface area (Å²) in [7, 11) is 0. The second-order valence-electron chi connectivity index (χ2n) is 7.31. The molecule has 1 atom stereocenters. The zero-order valence-electron chi connectivity index (χ0n) is 15.7. The Morgan fingerprint density at radius 1 is 1.23 bits per heavy atom. The molecular weight excluding hydrogens is 346 g/mol. The van der Waals surface area contributed by atoms with E-state index in [0.29, 0.717) is 0 Å². The van der Waals surface area contributed by atoms with Crippen LogP contribution in [-0.2, 0) is 5.41 Å². The predicted molar refractivity (Wildman–Crippen MR) is 107 cm³/mol. The molecule has 0 spiro atoms. The SMILES string of the molecule is CSc1cc([N+](=O)[O-])cc2c1OC(C)(C(C)(C)c1ccccc1C)C=C2. The van der Waals surface area contributed by atoms with Crippen LogP contribution in [0.3, 0.4) is 0 Å². The van der Waals surface area contributed by atoms with Crippen LogP contribution in [-0.4, -0.2) is 16.8 Å². The fourth-order valence-electron chi connectivity index (χ4n) is 3.47. The highest BCUT2D eigenvalue weighted by molar-refractivity contribution is 7.98. The molecule has 0 N–H and O–H groups in total. The van der Waals surface area contributed by atoms with E-state index in [1.807, 2.05) is 30.5 Å². The van der Waals surface area contributed by atoms with Crippen molar-refractivity contribution in [2.24, 2.45) is 0 Å². The van der Waals surface area contributed by atoms with Gasteiger partial charge in [-0.2, -0.15) is 0 Å². The van der Waals surface area contributed by atoms with Gasteiger partial charge in [-0.15, -0.1) is 11.8 Å². The molecule has 0 radical (unpaired) electrons. The number of aryl methyl sites for hydroxylation is 1. The second kappa shape index (κ2) is 6.47. The third kappa shape index (κ3) is 2.90. The van der Waals surface area contributed by atoms with Crippen molar-refractivity contribution in [3.63, 3.8) is 0 Å². The Morgan fingerprint density at radius 3 is 2.54 bits per heavy atom. The van der Waals surface area contributed by atoms with Crippen molar-refractivity contribution in [2.45, 2.75) is 43.6 Å². The van der Waals surface area contributed by atoms with E-state index in [-0.39, 0.29) is 16.0 Å². The van der Waals surface area contributed by atoms with Crippen LogP contribution in [0.25, 0.3) is 6.08 Å².